The molecule has 0 bridgehead atoms. The first-order valence-electron chi connectivity index (χ1n) is 8.28. The van der Waals surface area contributed by atoms with E-state index in [-0.39, 0.29) is 12.8 Å². The maximum atomic E-state index is 11.8. The molecular weight excluding hydrogens is 344 g/mol. The van der Waals surface area contributed by atoms with Gasteiger partial charge in [-0.25, -0.2) is 0 Å². The molecule has 8 nitrogen and oxygen atoms in total. The van der Waals surface area contributed by atoms with Crippen LogP contribution in [0, 0.1) is 36.0 Å². The molecule has 1 radical (unpaired) electrons. The molecule has 0 aliphatic heterocycles. The summed E-state index contributed by atoms with van der Waals surface area (Å²) in [6, 6.07) is 0. The lowest BCUT2D eigenvalue weighted by Crippen LogP contribution is -2.39. The topological polar surface area (TPSA) is 149 Å². The van der Waals surface area contributed by atoms with E-state index in [9.17, 15) is 34.5 Å². The quantitative estimate of drug-likeness (QED) is 0.382. The number of carboxylic acid groups (broad SMARTS) is 4. The summed E-state index contributed by atoms with van der Waals surface area (Å²) in [6.07, 6.45) is 1.62. The zero-order valence-electron chi connectivity index (χ0n) is 15.4. The monoisotopic (exact) mass is 371 g/mol. The van der Waals surface area contributed by atoms with E-state index in [2.05, 4.69) is 0 Å². The molecule has 0 aliphatic carbocycles. The van der Waals surface area contributed by atoms with Gasteiger partial charge in [0.1, 0.15) is 0 Å². The fourth-order valence-electron chi connectivity index (χ4n) is 3.20. The summed E-state index contributed by atoms with van der Waals surface area (Å²) in [5, 5.41) is 37.3. The SMILES string of the molecule is CC(C)=CC(CC(C(=O)O)C(C(C)C)C(C[CH]C(=O)O)C(=O)O)C(=O)O. The molecular formula is C18H27O8. The van der Waals surface area contributed by atoms with Crippen molar-refractivity contribution in [1.82, 2.24) is 0 Å². The molecule has 0 aromatic heterocycles. The van der Waals surface area contributed by atoms with E-state index in [1.165, 1.54) is 6.08 Å². The summed E-state index contributed by atoms with van der Waals surface area (Å²) in [5.74, 6) is -9.96. The number of aliphatic carboxylic acids is 4. The van der Waals surface area contributed by atoms with Crippen LogP contribution >= 0.6 is 0 Å². The molecule has 8 heteroatoms. The van der Waals surface area contributed by atoms with Crippen LogP contribution in [0.1, 0.15) is 40.5 Å². The molecule has 0 heterocycles. The molecule has 0 aliphatic rings. The van der Waals surface area contributed by atoms with Crippen molar-refractivity contribution in [3.05, 3.63) is 18.1 Å². The Hall–Kier alpha value is -2.38. The van der Waals surface area contributed by atoms with Crippen LogP contribution in [0.25, 0.3) is 0 Å². The van der Waals surface area contributed by atoms with E-state index in [1.807, 2.05) is 0 Å². The van der Waals surface area contributed by atoms with Gasteiger partial charge in [0.05, 0.1) is 24.2 Å². The summed E-state index contributed by atoms with van der Waals surface area (Å²) in [6.45, 7) is 6.67. The summed E-state index contributed by atoms with van der Waals surface area (Å²) in [5.41, 5.74) is 0.705. The highest BCUT2D eigenvalue weighted by atomic mass is 16.4. The second kappa shape index (κ2) is 10.6. The van der Waals surface area contributed by atoms with Gasteiger partial charge in [0, 0.05) is 0 Å². The second-order valence-electron chi connectivity index (χ2n) is 6.91. The highest BCUT2D eigenvalue weighted by molar-refractivity contribution is 5.80. The highest BCUT2D eigenvalue weighted by Crippen LogP contribution is 2.36. The average Bonchev–Trinajstić information content (AvgIpc) is 2.46. The Bertz CT molecular complexity index is 560. The first-order valence-corrected chi connectivity index (χ1v) is 8.28. The van der Waals surface area contributed by atoms with Gasteiger partial charge < -0.3 is 20.4 Å². The van der Waals surface area contributed by atoms with Crippen molar-refractivity contribution in [3.63, 3.8) is 0 Å². The van der Waals surface area contributed by atoms with Crippen LogP contribution in [-0.2, 0) is 19.2 Å². The van der Waals surface area contributed by atoms with Crippen molar-refractivity contribution in [1.29, 1.82) is 0 Å². The van der Waals surface area contributed by atoms with E-state index < -0.39 is 53.5 Å². The number of rotatable bonds is 12. The highest BCUT2D eigenvalue weighted by Gasteiger charge is 2.41. The number of hydrogen-bond donors (Lipinski definition) is 4. The third kappa shape index (κ3) is 7.67. The zero-order valence-corrected chi connectivity index (χ0v) is 15.4. The van der Waals surface area contributed by atoms with Crippen molar-refractivity contribution in [2.24, 2.45) is 29.6 Å². The van der Waals surface area contributed by atoms with Crippen LogP contribution in [0.15, 0.2) is 11.6 Å². The molecule has 4 unspecified atom stereocenters. The van der Waals surface area contributed by atoms with Gasteiger partial charge in [0.15, 0.2) is 0 Å². The zero-order chi connectivity index (χ0) is 20.6. The molecule has 0 saturated heterocycles. The molecule has 0 aromatic rings. The number of carboxylic acids is 4. The molecule has 4 atom stereocenters. The smallest absolute Gasteiger partial charge is 0.310 e. The molecule has 0 saturated carbocycles. The summed E-state index contributed by atoms with van der Waals surface area (Å²) in [4.78, 5) is 45.7. The van der Waals surface area contributed by atoms with Crippen LogP contribution in [0.2, 0.25) is 0 Å². The van der Waals surface area contributed by atoms with Crippen LogP contribution in [-0.4, -0.2) is 44.3 Å². The van der Waals surface area contributed by atoms with Gasteiger partial charge in [-0.05, 0) is 38.5 Å². The lowest BCUT2D eigenvalue weighted by atomic mass is 9.70. The normalized spacial score (nSPS) is 15.6. The largest absolute Gasteiger partial charge is 0.481 e. The first kappa shape index (κ1) is 23.6. The van der Waals surface area contributed by atoms with Gasteiger partial charge in [-0.15, -0.1) is 0 Å². The van der Waals surface area contributed by atoms with Gasteiger partial charge in [-0.3, -0.25) is 19.2 Å². The molecule has 147 valence electrons. The third-order valence-corrected chi connectivity index (χ3v) is 4.24. The van der Waals surface area contributed by atoms with Crippen molar-refractivity contribution in [2.45, 2.75) is 40.5 Å². The molecule has 26 heavy (non-hydrogen) atoms. The van der Waals surface area contributed by atoms with E-state index in [1.54, 1.807) is 27.7 Å². The van der Waals surface area contributed by atoms with Crippen LogP contribution in [0.5, 0.6) is 0 Å². The van der Waals surface area contributed by atoms with Crippen molar-refractivity contribution >= 4 is 23.9 Å². The maximum absolute atomic E-state index is 11.8. The Morgan fingerprint density at radius 2 is 1.35 bits per heavy atom. The maximum Gasteiger partial charge on any atom is 0.310 e. The number of allylic oxidation sites excluding steroid dienone is 1. The lowest BCUT2D eigenvalue weighted by molar-refractivity contribution is -0.152. The Kier molecular flexibility index (Phi) is 9.61. The molecule has 0 spiro atoms. The van der Waals surface area contributed by atoms with Crippen LogP contribution in [0.4, 0.5) is 0 Å². The van der Waals surface area contributed by atoms with Crippen molar-refractivity contribution in [3.8, 4) is 0 Å². The Morgan fingerprint density at radius 3 is 1.65 bits per heavy atom. The Balaban J connectivity index is 5.85. The van der Waals surface area contributed by atoms with Gasteiger partial charge in [-0.1, -0.05) is 25.5 Å². The minimum absolute atomic E-state index is 0.268. The second-order valence-corrected chi connectivity index (χ2v) is 6.91. The van der Waals surface area contributed by atoms with E-state index >= 15 is 0 Å². The van der Waals surface area contributed by atoms with Gasteiger partial charge >= 0.3 is 23.9 Å². The van der Waals surface area contributed by atoms with E-state index in [0.717, 1.165) is 6.42 Å². The van der Waals surface area contributed by atoms with Crippen molar-refractivity contribution < 1.29 is 39.6 Å². The summed E-state index contributed by atoms with van der Waals surface area (Å²) < 4.78 is 0. The third-order valence-electron chi connectivity index (χ3n) is 4.24. The lowest BCUT2D eigenvalue weighted by Gasteiger charge is -2.33. The van der Waals surface area contributed by atoms with Crippen LogP contribution in [0.3, 0.4) is 0 Å². The first-order chi connectivity index (χ1) is 11.9. The van der Waals surface area contributed by atoms with Gasteiger partial charge in [0.25, 0.3) is 0 Å². The van der Waals surface area contributed by atoms with Crippen molar-refractivity contribution in [2.75, 3.05) is 0 Å². The Morgan fingerprint density at radius 1 is 0.846 bits per heavy atom. The summed E-state index contributed by atoms with van der Waals surface area (Å²) in [7, 11) is 0. The molecule has 0 amide bonds. The standard InChI is InChI=1S/C18H27O8/c1-9(2)7-11(16(21)22)8-13(18(25)26)15(10(3)4)12(17(23)24)5-6-14(19)20/h6-7,10-13,15H,5,8H2,1-4H3,(H,19,20)(H,21,22)(H,23,24)(H,25,26). The summed E-state index contributed by atoms with van der Waals surface area (Å²) >= 11 is 0. The van der Waals surface area contributed by atoms with E-state index in [0.29, 0.717) is 5.57 Å². The van der Waals surface area contributed by atoms with Gasteiger partial charge in [0.2, 0.25) is 0 Å². The number of carbonyl (C=O) groups is 4. The van der Waals surface area contributed by atoms with Gasteiger partial charge in [-0.2, -0.15) is 0 Å². The molecule has 0 rings (SSSR count). The minimum atomic E-state index is -1.30. The molecule has 4 N–H and O–H groups in total. The molecule has 0 fully saturated rings. The number of hydrogen-bond acceptors (Lipinski definition) is 4. The predicted octanol–water partition coefficient (Wildman–Crippen LogP) is 2.40. The van der Waals surface area contributed by atoms with Crippen LogP contribution < -0.4 is 0 Å². The average molecular weight is 371 g/mol. The molecule has 0 aromatic carbocycles. The predicted molar refractivity (Wildman–Crippen MR) is 92.3 cm³/mol. The fraction of sp³-hybridized carbons (Fsp3) is 0.611. The van der Waals surface area contributed by atoms with E-state index in [4.69, 9.17) is 5.11 Å². The Labute approximate surface area is 152 Å². The fourth-order valence-corrected chi connectivity index (χ4v) is 3.20. The minimum Gasteiger partial charge on any atom is -0.481 e.